The Morgan fingerprint density at radius 3 is 1.45 bits per heavy atom. The number of carbonyl (C=O) groups excluding carboxylic acids is 2. The SMILES string of the molecule is CCCC/C=C\CCCCCCCC(=O)OC(COC(=O)CCCCCCCCCCCCCCCCCCCCC)COP(=O)(O)OCCN(C)C. The topological polar surface area (TPSA) is 112 Å². The predicted octanol–water partition coefficient (Wildman–Crippen LogP) is 12.4. The lowest BCUT2D eigenvalue weighted by atomic mass is 10.0. The summed E-state index contributed by atoms with van der Waals surface area (Å²) in [6, 6.07) is 0. The maximum atomic E-state index is 12.6. The normalized spacial score (nSPS) is 13.5. The molecule has 0 aromatic carbocycles. The molecule has 0 rings (SSSR count). The molecule has 0 aromatic heterocycles. The minimum Gasteiger partial charge on any atom is -0.462 e. The molecular formula is C43H84NO8P. The molecule has 0 aliphatic carbocycles. The smallest absolute Gasteiger partial charge is 0.462 e. The van der Waals surface area contributed by atoms with Gasteiger partial charge in [-0.25, -0.2) is 4.57 Å². The standard InChI is InChI=1S/C43H84NO8P/c1-5-7-9-11-13-15-17-18-19-20-21-22-23-24-26-27-29-31-33-35-42(45)49-39-41(40-51-53(47,48)50-38-37-44(3)4)52-43(46)36-34-32-30-28-25-16-14-12-10-8-6-2/h12,14,41H,5-11,13,15-40H2,1-4H3,(H,47,48)/b14-12-. The molecule has 1 N–H and O–H groups in total. The zero-order valence-corrected chi connectivity index (χ0v) is 35.9. The number of unbranched alkanes of at least 4 members (excludes halogenated alkanes) is 25. The van der Waals surface area contributed by atoms with Gasteiger partial charge in [-0.2, -0.15) is 0 Å². The number of phosphoric ester groups is 1. The summed E-state index contributed by atoms with van der Waals surface area (Å²) in [6.07, 6.45) is 38.3. The Morgan fingerprint density at radius 2 is 0.981 bits per heavy atom. The van der Waals surface area contributed by atoms with Crippen LogP contribution in [-0.4, -0.2) is 68.3 Å². The summed E-state index contributed by atoms with van der Waals surface area (Å²) in [7, 11) is -0.706. The Hall–Kier alpha value is -1.25. The molecule has 2 unspecified atom stereocenters. The van der Waals surface area contributed by atoms with Gasteiger partial charge < -0.3 is 19.3 Å². The minimum absolute atomic E-state index is 0.00873. The van der Waals surface area contributed by atoms with Crippen molar-refractivity contribution in [3.05, 3.63) is 12.2 Å². The summed E-state index contributed by atoms with van der Waals surface area (Å²) < 4.78 is 33.4. The fourth-order valence-electron chi connectivity index (χ4n) is 6.14. The monoisotopic (exact) mass is 774 g/mol. The first kappa shape index (κ1) is 51.8. The fraction of sp³-hybridized carbons (Fsp3) is 0.907. The van der Waals surface area contributed by atoms with Crippen molar-refractivity contribution in [2.24, 2.45) is 0 Å². The molecule has 53 heavy (non-hydrogen) atoms. The van der Waals surface area contributed by atoms with E-state index < -0.39 is 26.5 Å². The van der Waals surface area contributed by atoms with Crippen molar-refractivity contribution < 1.29 is 37.6 Å². The van der Waals surface area contributed by atoms with E-state index in [4.69, 9.17) is 18.5 Å². The Bertz CT molecular complexity index is 900. The maximum Gasteiger partial charge on any atom is 0.472 e. The highest BCUT2D eigenvalue weighted by atomic mass is 31.2. The van der Waals surface area contributed by atoms with Crippen LogP contribution >= 0.6 is 7.82 Å². The molecule has 2 atom stereocenters. The second-order valence-electron chi connectivity index (χ2n) is 15.2. The molecule has 0 aromatic rings. The molecule has 9 nitrogen and oxygen atoms in total. The molecule has 0 saturated heterocycles. The number of esters is 2. The van der Waals surface area contributed by atoms with Gasteiger partial charge in [0.1, 0.15) is 6.61 Å². The average Bonchev–Trinajstić information content (AvgIpc) is 3.12. The third-order valence-electron chi connectivity index (χ3n) is 9.57. The summed E-state index contributed by atoms with van der Waals surface area (Å²) in [6.45, 7) is 4.30. The highest BCUT2D eigenvalue weighted by Crippen LogP contribution is 2.43. The molecule has 314 valence electrons. The molecule has 0 radical (unpaired) electrons. The van der Waals surface area contributed by atoms with Gasteiger partial charge in [0.15, 0.2) is 6.10 Å². The second kappa shape index (κ2) is 39.0. The van der Waals surface area contributed by atoms with E-state index in [1.807, 2.05) is 19.0 Å². The van der Waals surface area contributed by atoms with Crippen LogP contribution < -0.4 is 0 Å². The van der Waals surface area contributed by atoms with Crippen LogP contribution in [0, 0.1) is 0 Å². The van der Waals surface area contributed by atoms with E-state index >= 15 is 0 Å². The number of ether oxygens (including phenoxy) is 2. The third-order valence-corrected chi connectivity index (χ3v) is 10.6. The van der Waals surface area contributed by atoms with Gasteiger partial charge in [-0.05, 0) is 46.2 Å². The highest BCUT2D eigenvalue weighted by molar-refractivity contribution is 7.47. The van der Waals surface area contributed by atoms with Crippen molar-refractivity contribution in [1.29, 1.82) is 0 Å². The van der Waals surface area contributed by atoms with Gasteiger partial charge >= 0.3 is 19.8 Å². The number of hydrogen-bond donors (Lipinski definition) is 1. The lowest BCUT2D eigenvalue weighted by Gasteiger charge is -2.20. The fourth-order valence-corrected chi connectivity index (χ4v) is 6.88. The van der Waals surface area contributed by atoms with Gasteiger partial charge in [0.05, 0.1) is 13.2 Å². The zero-order chi connectivity index (χ0) is 39.1. The van der Waals surface area contributed by atoms with E-state index in [9.17, 15) is 19.0 Å². The van der Waals surface area contributed by atoms with Crippen LogP contribution in [0.25, 0.3) is 0 Å². The minimum atomic E-state index is -4.35. The van der Waals surface area contributed by atoms with Gasteiger partial charge in [-0.15, -0.1) is 0 Å². The number of allylic oxidation sites excluding steroid dienone is 2. The van der Waals surface area contributed by atoms with Gasteiger partial charge in [0.2, 0.25) is 0 Å². The summed E-state index contributed by atoms with van der Waals surface area (Å²) >= 11 is 0. The Balaban J connectivity index is 4.18. The van der Waals surface area contributed by atoms with E-state index in [-0.39, 0.29) is 25.6 Å². The number of carbonyl (C=O) groups is 2. The Kier molecular flexibility index (Phi) is 38.1. The van der Waals surface area contributed by atoms with Gasteiger partial charge in [-0.3, -0.25) is 18.6 Å². The summed E-state index contributed by atoms with van der Waals surface area (Å²) in [4.78, 5) is 36.9. The van der Waals surface area contributed by atoms with Crippen molar-refractivity contribution in [3.8, 4) is 0 Å². The maximum absolute atomic E-state index is 12.6. The second-order valence-corrected chi connectivity index (χ2v) is 16.7. The average molecular weight is 774 g/mol. The summed E-state index contributed by atoms with van der Waals surface area (Å²) in [5.41, 5.74) is 0. The Labute approximate surface area is 326 Å². The van der Waals surface area contributed by atoms with E-state index in [1.54, 1.807) is 0 Å². The highest BCUT2D eigenvalue weighted by Gasteiger charge is 2.26. The van der Waals surface area contributed by atoms with Crippen LogP contribution in [0.2, 0.25) is 0 Å². The summed E-state index contributed by atoms with van der Waals surface area (Å²) in [5.74, 6) is -0.804. The molecule has 0 amide bonds. The van der Waals surface area contributed by atoms with E-state index in [0.717, 1.165) is 57.8 Å². The summed E-state index contributed by atoms with van der Waals surface area (Å²) in [5, 5.41) is 0. The first-order valence-corrected chi connectivity index (χ1v) is 23.5. The molecule has 0 aliphatic rings. The molecule has 10 heteroatoms. The zero-order valence-electron chi connectivity index (χ0n) is 35.0. The van der Waals surface area contributed by atoms with Crippen molar-refractivity contribution >= 4 is 19.8 Å². The molecule has 0 bridgehead atoms. The van der Waals surface area contributed by atoms with E-state index in [2.05, 4.69) is 26.0 Å². The third kappa shape index (κ3) is 40.2. The number of phosphoric acid groups is 1. The lowest BCUT2D eigenvalue weighted by molar-refractivity contribution is -0.161. The molecule has 0 saturated carbocycles. The predicted molar refractivity (Wildman–Crippen MR) is 220 cm³/mol. The van der Waals surface area contributed by atoms with Crippen molar-refractivity contribution in [1.82, 2.24) is 4.90 Å². The number of hydrogen-bond acceptors (Lipinski definition) is 8. The van der Waals surface area contributed by atoms with Crippen molar-refractivity contribution in [2.45, 2.75) is 213 Å². The number of nitrogens with zero attached hydrogens (tertiary/aromatic N) is 1. The molecule has 0 aliphatic heterocycles. The van der Waals surface area contributed by atoms with Crippen LogP contribution in [0.1, 0.15) is 206 Å². The van der Waals surface area contributed by atoms with Crippen LogP contribution in [0.5, 0.6) is 0 Å². The van der Waals surface area contributed by atoms with Crippen LogP contribution in [-0.2, 0) is 32.7 Å². The lowest BCUT2D eigenvalue weighted by Crippen LogP contribution is -2.29. The molecule has 0 fully saturated rings. The largest absolute Gasteiger partial charge is 0.472 e. The first-order chi connectivity index (χ1) is 25.7. The van der Waals surface area contributed by atoms with Gasteiger partial charge in [0, 0.05) is 19.4 Å². The van der Waals surface area contributed by atoms with E-state index in [0.29, 0.717) is 19.4 Å². The molecular weight excluding hydrogens is 689 g/mol. The number of likely N-dealkylation sites (N-methyl/N-ethyl adjacent to an activating group) is 1. The number of rotatable bonds is 41. The van der Waals surface area contributed by atoms with Crippen LogP contribution in [0.15, 0.2) is 12.2 Å². The Morgan fingerprint density at radius 1 is 0.566 bits per heavy atom. The molecule has 0 spiro atoms. The van der Waals surface area contributed by atoms with Crippen molar-refractivity contribution in [3.63, 3.8) is 0 Å². The van der Waals surface area contributed by atoms with E-state index in [1.165, 1.54) is 116 Å². The van der Waals surface area contributed by atoms with Crippen molar-refractivity contribution in [2.75, 3.05) is 40.5 Å². The van der Waals surface area contributed by atoms with Crippen LogP contribution in [0.3, 0.4) is 0 Å². The first-order valence-electron chi connectivity index (χ1n) is 22.0. The van der Waals surface area contributed by atoms with Crippen LogP contribution in [0.4, 0.5) is 0 Å². The van der Waals surface area contributed by atoms with Gasteiger partial charge in [-0.1, -0.05) is 174 Å². The molecule has 0 heterocycles. The quantitative estimate of drug-likeness (QED) is 0.0281. The van der Waals surface area contributed by atoms with Gasteiger partial charge in [0.25, 0.3) is 0 Å².